The molecule has 212 valence electrons. The van der Waals surface area contributed by atoms with Gasteiger partial charge in [0.1, 0.15) is 29.4 Å². The largest absolute Gasteiger partial charge is 0.493 e. The van der Waals surface area contributed by atoms with E-state index in [2.05, 4.69) is 20.6 Å². The molecular weight excluding hydrogens is 502 g/mol. The number of rotatable bonds is 8. The summed E-state index contributed by atoms with van der Waals surface area (Å²) in [6.07, 6.45) is 0.711. The van der Waals surface area contributed by atoms with E-state index < -0.39 is 29.7 Å². The van der Waals surface area contributed by atoms with Crippen molar-refractivity contribution in [3.8, 4) is 5.75 Å². The van der Waals surface area contributed by atoms with Crippen LogP contribution in [0.5, 0.6) is 5.75 Å². The van der Waals surface area contributed by atoms with E-state index >= 15 is 0 Å². The minimum Gasteiger partial charge on any atom is -0.493 e. The minimum atomic E-state index is -0.916. The summed E-state index contributed by atoms with van der Waals surface area (Å²) in [6.45, 7) is 13.8. The topological polar surface area (TPSA) is 124 Å². The number of carbonyl (C=O) groups excluding carboxylic acids is 2. The van der Waals surface area contributed by atoms with E-state index in [-0.39, 0.29) is 25.0 Å². The number of hydrogen-bond donors (Lipinski definition) is 2. The Hall–Kier alpha value is -3.44. The summed E-state index contributed by atoms with van der Waals surface area (Å²) in [7, 11) is 0. The fourth-order valence-corrected chi connectivity index (χ4v) is 4.50. The predicted octanol–water partition coefficient (Wildman–Crippen LogP) is 3.92. The third-order valence-electron chi connectivity index (χ3n) is 6.01. The molecule has 4 rings (SSSR count). The van der Waals surface area contributed by atoms with Gasteiger partial charge < -0.3 is 29.6 Å². The van der Waals surface area contributed by atoms with Gasteiger partial charge in [0, 0.05) is 30.8 Å². The molecule has 0 bridgehead atoms. The molecule has 0 saturated carbocycles. The van der Waals surface area contributed by atoms with Gasteiger partial charge in [0.2, 0.25) is 5.95 Å². The normalized spacial score (nSPS) is 19.8. The number of nitrogens with one attached hydrogen (secondary N) is 2. The highest BCUT2D eigenvalue weighted by Crippen LogP contribution is 2.31. The standard InChI is InChI=1S/C28H39N5O6/c1-17(2)31-25-29-12-10-23(32-25)33(24(34)19-8-9-20-18(14-19)11-13-36-20)16-22-21(37-28(6,7)38-22)15-30-26(35)39-27(3,4)5/h8-10,12,14,17,21-22H,11,13,15-16H2,1-7H3,(H,30,35)(H,29,31,32)/t21-,22?/m0/s1. The fraction of sp³-hybridized carbons (Fsp3) is 0.571. The number of anilines is 2. The number of nitrogens with zero attached hydrogens (tertiary/aromatic N) is 3. The van der Waals surface area contributed by atoms with Crippen molar-refractivity contribution in [2.45, 2.75) is 84.5 Å². The molecule has 1 fully saturated rings. The van der Waals surface area contributed by atoms with Crippen molar-refractivity contribution in [3.63, 3.8) is 0 Å². The molecule has 2 aromatic rings. The Balaban J connectivity index is 1.60. The maximum absolute atomic E-state index is 14.0. The fourth-order valence-electron chi connectivity index (χ4n) is 4.50. The molecule has 1 saturated heterocycles. The molecule has 11 heteroatoms. The summed E-state index contributed by atoms with van der Waals surface area (Å²) in [5, 5.41) is 5.95. The van der Waals surface area contributed by atoms with Crippen LogP contribution in [-0.4, -0.2) is 71.3 Å². The lowest BCUT2D eigenvalue weighted by molar-refractivity contribution is -0.145. The first-order chi connectivity index (χ1) is 18.3. The van der Waals surface area contributed by atoms with E-state index in [1.54, 1.807) is 57.8 Å². The van der Waals surface area contributed by atoms with Crippen molar-refractivity contribution in [1.82, 2.24) is 15.3 Å². The smallest absolute Gasteiger partial charge is 0.407 e. The van der Waals surface area contributed by atoms with Gasteiger partial charge in [-0.3, -0.25) is 9.69 Å². The first-order valence-corrected chi connectivity index (χ1v) is 13.3. The SMILES string of the molecule is CC(C)Nc1nccc(N(CC2OC(C)(C)O[C@H]2CNC(=O)OC(C)(C)C)C(=O)c2ccc3c(c2)CCO3)n1. The van der Waals surface area contributed by atoms with Crippen LogP contribution in [0.2, 0.25) is 0 Å². The van der Waals surface area contributed by atoms with Crippen LogP contribution in [0.4, 0.5) is 16.6 Å². The monoisotopic (exact) mass is 541 g/mol. The summed E-state index contributed by atoms with van der Waals surface area (Å²) in [4.78, 5) is 36.8. The molecule has 2 amide bonds. The first kappa shape index (κ1) is 28.6. The zero-order chi connectivity index (χ0) is 28.4. The number of amides is 2. The van der Waals surface area contributed by atoms with E-state index in [0.717, 1.165) is 17.7 Å². The van der Waals surface area contributed by atoms with Gasteiger partial charge in [-0.2, -0.15) is 4.98 Å². The molecule has 2 aliphatic rings. The van der Waals surface area contributed by atoms with Crippen molar-refractivity contribution in [3.05, 3.63) is 41.6 Å². The average molecular weight is 542 g/mol. The lowest BCUT2D eigenvalue weighted by atomic mass is 10.1. The molecule has 2 aliphatic heterocycles. The third-order valence-corrected chi connectivity index (χ3v) is 6.01. The van der Waals surface area contributed by atoms with Crippen molar-refractivity contribution in [1.29, 1.82) is 0 Å². The Labute approximate surface area is 229 Å². The summed E-state index contributed by atoms with van der Waals surface area (Å²) < 4.78 is 23.3. The lowest BCUT2D eigenvalue weighted by Gasteiger charge is -2.27. The molecule has 1 aromatic heterocycles. The Morgan fingerprint density at radius 1 is 1.18 bits per heavy atom. The molecule has 1 unspecified atom stereocenters. The Morgan fingerprint density at radius 3 is 2.64 bits per heavy atom. The molecule has 0 spiro atoms. The number of carbonyl (C=O) groups is 2. The maximum atomic E-state index is 14.0. The van der Waals surface area contributed by atoms with Gasteiger partial charge in [-0.15, -0.1) is 0 Å². The van der Waals surface area contributed by atoms with E-state index in [0.29, 0.717) is 23.9 Å². The van der Waals surface area contributed by atoms with E-state index in [4.69, 9.17) is 18.9 Å². The van der Waals surface area contributed by atoms with Crippen LogP contribution in [0.15, 0.2) is 30.5 Å². The van der Waals surface area contributed by atoms with Gasteiger partial charge in [0.15, 0.2) is 5.79 Å². The second-order valence-electron chi connectivity index (χ2n) is 11.5. The van der Waals surface area contributed by atoms with Gasteiger partial charge in [0.05, 0.1) is 13.2 Å². The zero-order valence-corrected chi connectivity index (χ0v) is 23.7. The number of hydrogen-bond acceptors (Lipinski definition) is 9. The van der Waals surface area contributed by atoms with E-state index in [1.165, 1.54) is 0 Å². The van der Waals surface area contributed by atoms with E-state index in [9.17, 15) is 9.59 Å². The van der Waals surface area contributed by atoms with Crippen molar-refractivity contribution < 1.29 is 28.5 Å². The molecule has 0 aliphatic carbocycles. The molecule has 39 heavy (non-hydrogen) atoms. The van der Waals surface area contributed by atoms with E-state index in [1.807, 2.05) is 26.0 Å². The summed E-state index contributed by atoms with van der Waals surface area (Å²) in [5.41, 5.74) is 0.874. The van der Waals surface area contributed by atoms with Crippen LogP contribution < -0.4 is 20.3 Å². The van der Waals surface area contributed by atoms with Crippen LogP contribution in [0.25, 0.3) is 0 Å². The van der Waals surface area contributed by atoms with Gasteiger partial charge in [-0.1, -0.05) is 0 Å². The van der Waals surface area contributed by atoms with Gasteiger partial charge in [-0.25, -0.2) is 9.78 Å². The Bertz CT molecular complexity index is 1200. The predicted molar refractivity (Wildman–Crippen MR) is 146 cm³/mol. The van der Waals surface area contributed by atoms with Crippen LogP contribution in [0.1, 0.15) is 64.4 Å². The molecule has 0 radical (unpaired) electrons. The number of aromatic nitrogens is 2. The summed E-state index contributed by atoms with van der Waals surface area (Å²) >= 11 is 0. The zero-order valence-electron chi connectivity index (χ0n) is 23.7. The molecule has 3 heterocycles. The maximum Gasteiger partial charge on any atom is 0.407 e. The lowest BCUT2D eigenvalue weighted by Crippen LogP contribution is -2.46. The van der Waals surface area contributed by atoms with Crippen molar-refractivity contribution in [2.75, 3.05) is 29.9 Å². The Morgan fingerprint density at radius 2 is 1.92 bits per heavy atom. The number of ether oxygens (including phenoxy) is 4. The van der Waals surface area contributed by atoms with Gasteiger partial charge >= 0.3 is 6.09 Å². The highest BCUT2D eigenvalue weighted by atomic mass is 16.8. The molecular formula is C28H39N5O6. The second-order valence-corrected chi connectivity index (χ2v) is 11.5. The van der Waals surface area contributed by atoms with Crippen LogP contribution in [0, 0.1) is 0 Å². The van der Waals surface area contributed by atoms with Crippen molar-refractivity contribution in [2.24, 2.45) is 0 Å². The van der Waals surface area contributed by atoms with Crippen molar-refractivity contribution >= 4 is 23.8 Å². The minimum absolute atomic E-state index is 0.108. The molecule has 11 nitrogen and oxygen atoms in total. The Kier molecular flexibility index (Phi) is 8.31. The van der Waals surface area contributed by atoms with Gasteiger partial charge in [0.25, 0.3) is 5.91 Å². The summed E-state index contributed by atoms with van der Waals surface area (Å²) in [6, 6.07) is 7.24. The molecule has 1 aromatic carbocycles. The molecule has 2 N–H and O–H groups in total. The quantitative estimate of drug-likeness (QED) is 0.512. The van der Waals surface area contributed by atoms with Crippen LogP contribution in [0.3, 0.4) is 0 Å². The van der Waals surface area contributed by atoms with Crippen LogP contribution in [-0.2, 0) is 20.6 Å². The third kappa shape index (κ3) is 7.57. The van der Waals surface area contributed by atoms with Crippen LogP contribution >= 0.6 is 0 Å². The number of alkyl carbamates (subject to hydrolysis) is 1. The first-order valence-electron chi connectivity index (χ1n) is 13.3. The highest BCUT2D eigenvalue weighted by Gasteiger charge is 2.43. The number of fused-ring (bicyclic) bond motifs is 1. The van der Waals surface area contributed by atoms with Gasteiger partial charge in [-0.05, 0) is 78.3 Å². The second kappa shape index (κ2) is 11.4. The summed E-state index contributed by atoms with van der Waals surface area (Å²) in [5.74, 6) is 0.467. The highest BCUT2D eigenvalue weighted by molar-refractivity contribution is 6.06. The molecule has 2 atom stereocenters. The average Bonchev–Trinajstić information content (AvgIpc) is 3.42. The number of benzene rings is 1.